The summed E-state index contributed by atoms with van der Waals surface area (Å²) in [5.74, 6) is 0. The normalized spacial score (nSPS) is 11.1. The molecule has 2 heterocycles. The van der Waals surface area contributed by atoms with E-state index >= 15 is 0 Å². The van der Waals surface area contributed by atoms with Gasteiger partial charge >= 0.3 is 0 Å². The number of benzene rings is 1. The Hall–Kier alpha value is -1.88. The van der Waals surface area contributed by atoms with Gasteiger partial charge in [0.15, 0.2) is 5.13 Å². The van der Waals surface area contributed by atoms with Gasteiger partial charge in [0.05, 0.1) is 16.8 Å². The van der Waals surface area contributed by atoms with Gasteiger partial charge in [-0.15, -0.1) is 0 Å². The Morgan fingerprint density at radius 3 is 3.00 bits per heavy atom. The van der Waals surface area contributed by atoms with Gasteiger partial charge in [-0.25, -0.2) is 4.98 Å². The van der Waals surface area contributed by atoms with Gasteiger partial charge in [0.2, 0.25) is 0 Å². The van der Waals surface area contributed by atoms with Crippen molar-refractivity contribution in [2.75, 3.05) is 11.9 Å². The lowest BCUT2D eigenvalue weighted by molar-refractivity contribution is 0.638. The molecule has 0 fully saturated rings. The van der Waals surface area contributed by atoms with Crippen LogP contribution in [0, 0.1) is 13.8 Å². The van der Waals surface area contributed by atoms with Gasteiger partial charge in [0.25, 0.3) is 0 Å². The average molecular weight is 272 g/mol. The maximum absolute atomic E-state index is 4.65. The molecule has 0 aliphatic carbocycles. The van der Waals surface area contributed by atoms with Crippen molar-refractivity contribution < 1.29 is 0 Å². The van der Waals surface area contributed by atoms with Gasteiger partial charge in [-0.2, -0.15) is 5.10 Å². The molecule has 1 N–H and O–H groups in total. The number of anilines is 1. The van der Waals surface area contributed by atoms with Crippen molar-refractivity contribution in [1.29, 1.82) is 0 Å². The van der Waals surface area contributed by atoms with E-state index in [0.717, 1.165) is 23.7 Å². The van der Waals surface area contributed by atoms with Crippen LogP contribution in [0.2, 0.25) is 0 Å². The molecule has 0 radical (unpaired) electrons. The zero-order valence-corrected chi connectivity index (χ0v) is 11.9. The molecule has 0 amide bonds. The molecular formula is C14H16N4S. The van der Waals surface area contributed by atoms with Gasteiger partial charge in [-0.3, -0.25) is 4.68 Å². The van der Waals surface area contributed by atoms with E-state index < -0.39 is 0 Å². The summed E-state index contributed by atoms with van der Waals surface area (Å²) in [6.45, 7) is 5.92. The van der Waals surface area contributed by atoms with Crippen LogP contribution in [-0.2, 0) is 6.54 Å². The third-order valence-corrected chi connectivity index (χ3v) is 3.97. The molecule has 0 spiro atoms. The molecule has 3 rings (SSSR count). The number of fused-ring (bicyclic) bond motifs is 1. The predicted octanol–water partition coefficient (Wildman–Crippen LogP) is 3.22. The maximum atomic E-state index is 4.65. The van der Waals surface area contributed by atoms with Crippen LogP contribution >= 0.6 is 11.3 Å². The number of aryl methyl sites for hydroxylation is 2. The standard InChI is InChI=1S/C14H16N4S/c1-10-8-11(2)13-12(9-10)19-14(17-13)15-5-7-18-6-3-4-16-18/h3-4,6,8-9H,5,7H2,1-2H3,(H,15,17). The van der Waals surface area contributed by atoms with E-state index in [1.807, 2.05) is 16.9 Å². The van der Waals surface area contributed by atoms with Crippen molar-refractivity contribution in [3.8, 4) is 0 Å². The van der Waals surface area contributed by atoms with Crippen molar-refractivity contribution in [2.24, 2.45) is 0 Å². The first-order chi connectivity index (χ1) is 9.22. The van der Waals surface area contributed by atoms with Crippen molar-refractivity contribution in [3.05, 3.63) is 41.7 Å². The Morgan fingerprint density at radius 2 is 2.21 bits per heavy atom. The summed E-state index contributed by atoms with van der Waals surface area (Å²) < 4.78 is 3.16. The van der Waals surface area contributed by atoms with E-state index in [1.54, 1.807) is 17.5 Å². The molecule has 2 aromatic heterocycles. The van der Waals surface area contributed by atoms with Crippen LogP contribution in [0.1, 0.15) is 11.1 Å². The Bertz CT molecular complexity index is 685. The van der Waals surface area contributed by atoms with Crippen LogP contribution in [0.5, 0.6) is 0 Å². The number of thiazole rings is 1. The molecule has 0 saturated heterocycles. The molecule has 0 aliphatic heterocycles. The topological polar surface area (TPSA) is 42.7 Å². The number of nitrogens with one attached hydrogen (secondary N) is 1. The summed E-state index contributed by atoms with van der Waals surface area (Å²) >= 11 is 1.71. The van der Waals surface area contributed by atoms with E-state index in [-0.39, 0.29) is 0 Å². The number of hydrogen-bond acceptors (Lipinski definition) is 4. The minimum absolute atomic E-state index is 0.833. The second-order valence-corrected chi connectivity index (χ2v) is 5.67. The van der Waals surface area contributed by atoms with Gasteiger partial charge in [-0.1, -0.05) is 17.4 Å². The van der Waals surface area contributed by atoms with Crippen molar-refractivity contribution in [1.82, 2.24) is 14.8 Å². The molecule has 0 unspecified atom stereocenters. The first kappa shape index (κ1) is 12.2. The van der Waals surface area contributed by atoms with E-state index in [4.69, 9.17) is 0 Å². The smallest absolute Gasteiger partial charge is 0.183 e. The Balaban J connectivity index is 1.73. The Morgan fingerprint density at radius 1 is 1.32 bits per heavy atom. The zero-order valence-electron chi connectivity index (χ0n) is 11.1. The van der Waals surface area contributed by atoms with Crippen molar-refractivity contribution >= 4 is 26.7 Å². The lowest BCUT2D eigenvalue weighted by Crippen LogP contribution is -2.10. The summed E-state index contributed by atoms with van der Waals surface area (Å²) in [5, 5.41) is 8.52. The fourth-order valence-electron chi connectivity index (χ4n) is 2.16. The first-order valence-corrected chi connectivity index (χ1v) is 7.13. The summed E-state index contributed by atoms with van der Waals surface area (Å²) in [4.78, 5) is 4.65. The summed E-state index contributed by atoms with van der Waals surface area (Å²) in [5.41, 5.74) is 3.64. The van der Waals surface area contributed by atoms with E-state index in [9.17, 15) is 0 Å². The molecule has 3 aromatic rings. The van der Waals surface area contributed by atoms with Crippen LogP contribution in [0.25, 0.3) is 10.2 Å². The minimum Gasteiger partial charge on any atom is -0.360 e. The average Bonchev–Trinajstić information content (AvgIpc) is 2.98. The summed E-state index contributed by atoms with van der Waals surface area (Å²) in [6.07, 6.45) is 3.76. The zero-order chi connectivity index (χ0) is 13.2. The van der Waals surface area contributed by atoms with Crippen LogP contribution in [0.15, 0.2) is 30.6 Å². The lowest BCUT2D eigenvalue weighted by atomic mass is 10.1. The van der Waals surface area contributed by atoms with Gasteiger partial charge in [-0.05, 0) is 37.1 Å². The highest BCUT2D eigenvalue weighted by Crippen LogP contribution is 2.29. The highest BCUT2D eigenvalue weighted by molar-refractivity contribution is 7.22. The van der Waals surface area contributed by atoms with Crippen LogP contribution in [-0.4, -0.2) is 21.3 Å². The quantitative estimate of drug-likeness (QED) is 0.793. The van der Waals surface area contributed by atoms with Crippen molar-refractivity contribution in [3.63, 3.8) is 0 Å². The van der Waals surface area contributed by atoms with Crippen LogP contribution in [0.4, 0.5) is 5.13 Å². The lowest BCUT2D eigenvalue weighted by Gasteiger charge is -2.02. The molecule has 19 heavy (non-hydrogen) atoms. The van der Waals surface area contributed by atoms with Gasteiger partial charge in [0.1, 0.15) is 0 Å². The molecule has 98 valence electrons. The van der Waals surface area contributed by atoms with Gasteiger partial charge < -0.3 is 5.32 Å². The monoisotopic (exact) mass is 272 g/mol. The molecule has 1 aromatic carbocycles. The first-order valence-electron chi connectivity index (χ1n) is 6.31. The second-order valence-electron chi connectivity index (χ2n) is 4.64. The number of hydrogen-bond donors (Lipinski definition) is 1. The number of aromatic nitrogens is 3. The van der Waals surface area contributed by atoms with Crippen LogP contribution < -0.4 is 5.32 Å². The molecule has 0 saturated carbocycles. The van der Waals surface area contributed by atoms with E-state index in [2.05, 4.69) is 41.4 Å². The second kappa shape index (κ2) is 5.01. The molecule has 0 aliphatic rings. The molecular weight excluding hydrogens is 256 g/mol. The summed E-state index contributed by atoms with van der Waals surface area (Å²) in [7, 11) is 0. The predicted molar refractivity (Wildman–Crippen MR) is 79.8 cm³/mol. The third-order valence-electron chi connectivity index (χ3n) is 3.01. The molecule has 0 atom stereocenters. The third kappa shape index (κ3) is 2.61. The number of nitrogens with zero attached hydrogens (tertiary/aromatic N) is 3. The molecule has 5 heteroatoms. The van der Waals surface area contributed by atoms with Gasteiger partial charge in [0, 0.05) is 18.9 Å². The minimum atomic E-state index is 0.833. The molecule has 4 nitrogen and oxygen atoms in total. The van der Waals surface area contributed by atoms with E-state index in [1.165, 1.54) is 15.8 Å². The largest absolute Gasteiger partial charge is 0.360 e. The fraction of sp³-hybridized carbons (Fsp3) is 0.286. The fourth-order valence-corrected chi connectivity index (χ4v) is 3.22. The highest BCUT2D eigenvalue weighted by Gasteiger charge is 2.06. The van der Waals surface area contributed by atoms with Crippen molar-refractivity contribution in [2.45, 2.75) is 20.4 Å². The maximum Gasteiger partial charge on any atom is 0.183 e. The Kier molecular flexibility index (Phi) is 3.21. The van der Waals surface area contributed by atoms with Crippen LogP contribution in [0.3, 0.4) is 0 Å². The Labute approximate surface area is 116 Å². The van der Waals surface area contributed by atoms with E-state index in [0.29, 0.717) is 0 Å². The number of rotatable bonds is 4. The highest BCUT2D eigenvalue weighted by atomic mass is 32.1. The molecule has 0 bridgehead atoms. The SMILES string of the molecule is Cc1cc(C)c2nc(NCCn3cccn3)sc2c1. The summed E-state index contributed by atoms with van der Waals surface area (Å²) in [6, 6.07) is 6.30.